The van der Waals surface area contributed by atoms with Crippen molar-refractivity contribution in [2.24, 2.45) is 0 Å². The summed E-state index contributed by atoms with van der Waals surface area (Å²) in [6.45, 7) is 6.46. The maximum Gasteiger partial charge on any atom is 0.243 e. The number of carbonyl (C=O) groups excluding carboxylic acids is 2. The molecule has 4 heteroatoms. The highest BCUT2D eigenvalue weighted by atomic mass is 16.2. The molecule has 2 amide bonds. The van der Waals surface area contributed by atoms with Crippen LogP contribution in [0.3, 0.4) is 0 Å². The zero-order chi connectivity index (χ0) is 23.6. The van der Waals surface area contributed by atoms with E-state index in [-0.39, 0.29) is 24.3 Å². The molecule has 0 radical (unpaired) electrons. The monoisotopic (exact) mass is 442 g/mol. The number of hydrogen-bond donors (Lipinski definition) is 1. The third-order valence-corrected chi connectivity index (χ3v) is 5.91. The lowest BCUT2D eigenvalue weighted by molar-refractivity contribution is -0.141. The Hall–Kier alpha value is -3.40. The fourth-order valence-corrected chi connectivity index (χ4v) is 3.87. The molecule has 0 unspecified atom stereocenters. The van der Waals surface area contributed by atoms with Crippen LogP contribution in [0.1, 0.15) is 42.5 Å². The van der Waals surface area contributed by atoms with Crippen LogP contribution in [-0.2, 0) is 29.0 Å². The van der Waals surface area contributed by atoms with E-state index in [1.165, 1.54) is 0 Å². The number of nitrogens with zero attached hydrogens (tertiary/aromatic N) is 1. The van der Waals surface area contributed by atoms with Crippen LogP contribution in [0, 0.1) is 6.92 Å². The highest BCUT2D eigenvalue weighted by Crippen LogP contribution is 2.17. The predicted octanol–water partition coefficient (Wildman–Crippen LogP) is 5.09. The van der Waals surface area contributed by atoms with Gasteiger partial charge in [-0.25, -0.2) is 0 Å². The van der Waals surface area contributed by atoms with Crippen molar-refractivity contribution in [3.8, 4) is 0 Å². The maximum absolute atomic E-state index is 13.6. The molecule has 33 heavy (non-hydrogen) atoms. The van der Waals surface area contributed by atoms with Gasteiger partial charge in [0, 0.05) is 19.0 Å². The van der Waals surface area contributed by atoms with Crippen molar-refractivity contribution >= 4 is 11.8 Å². The summed E-state index contributed by atoms with van der Waals surface area (Å²) >= 11 is 0. The Morgan fingerprint density at radius 3 is 2.06 bits per heavy atom. The first-order valence-electron chi connectivity index (χ1n) is 11.7. The lowest BCUT2D eigenvalue weighted by atomic mass is 10.0. The van der Waals surface area contributed by atoms with Gasteiger partial charge in [0.1, 0.15) is 6.04 Å². The van der Waals surface area contributed by atoms with Gasteiger partial charge in [0.05, 0.1) is 6.42 Å². The van der Waals surface area contributed by atoms with Gasteiger partial charge < -0.3 is 10.2 Å². The van der Waals surface area contributed by atoms with Gasteiger partial charge in [0.2, 0.25) is 11.8 Å². The molecule has 3 aromatic rings. The van der Waals surface area contributed by atoms with E-state index >= 15 is 0 Å². The van der Waals surface area contributed by atoms with E-state index in [4.69, 9.17) is 0 Å². The molecule has 0 aromatic heterocycles. The maximum atomic E-state index is 13.6. The Labute approximate surface area is 197 Å². The average Bonchev–Trinajstić information content (AvgIpc) is 2.82. The van der Waals surface area contributed by atoms with Crippen LogP contribution >= 0.6 is 0 Å². The molecule has 0 aliphatic carbocycles. The van der Waals surface area contributed by atoms with E-state index in [1.54, 1.807) is 4.90 Å². The van der Waals surface area contributed by atoms with Crippen molar-refractivity contribution in [3.63, 3.8) is 0 Å². The van der Waals surface area contributed by atoms with Crippen LogP contribution < -0.4 is 5.32 Å². The first kappa shape index (κ1) is 24.2. The van der Waals surface area contributed by atoms with E-state index in [2.05, 4.69) is 11.4 Å². The molecule has 0 spiro atoms. The molecular formula is C29H34N2O2. The number of aryl methyl sites for hydroxylation is 1. The molecule has 0 aliphatic heterocycles. The zero-order valence-corrected chi connectivity index (χ0v) is 19.8. The van der Waals surface area contributed by atoms with Crippen molar-refractivity contribution in [3.05, 3.63) is 107 Å². The van der Waals surface area contributed by atoms with Crippen molar-refractivity contribution < 1.29 is 9.59 Å². The van der Waals surface area contributed by atoms with Crippen molar-refractivity contribution in [2.75, 3.05) is 0 Å². The number of benzene rings is 3. The summed E-state index contributed by atoms with van der Waals surface area (Å²) in [6, 6.07) is 27.2. The number of amides is 2. The van der Waals surface area contributed by atoms with E-state index in [0.717, 1.165) is 28.7 Å². The van der Waals surface area contributed by atoms with Crippen LogP contribution in [0.15, 0.2) is 84.9 Å². The summed E-state index contributed by atoms with van der Waals surface area (Å²) in [4.78, 5) is 28.9. The van der Waals surface area contributed by atoms with Crippen LogP contribution in [-0.4, -0.2) is 28.8 Å². The van der Waals surface area contributed by atoms with Gasteiger partial charge in [-0.3, -0.25) is 9.59 Å². The van der Waals surface area contributed by atoms with Gasteiger partial charge in [0.15, 0.2) is 0 Å². The predicted molar refractivity (Wildman–Crippen MR) is 134 cm³/mol. The van der Waals surface area contributed by atoms with Crippen molar-refractivity contribution in [2.45, 2.75) is 58.7 Å². The summed E-state index contributed by atoms with van der Waals surface area (Å²) < 4.78 is 0. The molecule has 0 saturated heterocycles. The second-order valence-electron chi connectivity index (χ2n) is 8.70. The van der Waals surface area contributed by atoms with Gasteiger partial charge in [-0.1, -0.05) is 97.4 Å². The molecule has 0 bridgehead atoms. The lowest BCUT2D eigenvalue weighted by Gasteiger charge is -2.32. The molecular weight excluding hydrogens is 408 g/mol. The summed E-state index contributed by atoms with van der Waals surface area (Å²) in [5.74, 6) is -0.162. The van der Waals surface area contributed by atoms with E-state index in [0.29, 0.717) is 13.0 Å². The Balaban J connectivity index is 1.96. The van der Waals surface area contributed by atoms with Crippen molar-refractivity contribution in [1.29, 1.82) is 0 Å². The number of hydrogen-bond acceptors (Lipinski definition) is 2. The third-order valence-electron chi connectivity index (χ3n) is 5.91. The minimum Gasteiger partial charge on any atom is -0.352 e. The third kappa shape index (κ3) is 7.31. The Morgan fingerprint density at radius 2 is 1.45 bits per heavy atom. The second-order valence-corrected chi connectivity index (χ2v) is 8.70. The molecule has 4 nitrogen and oxygen atoms in total. The molecule has 0 saturated carbocycles. The summed E-state index contributed by atoms with van der Waals surface area (Å²) in [5, 5.41) is 3.11. The number of rotatable bonds is 10. The first-order chi connectivity index (χ1) is 16.0. The van der Waals surface area contributed by atoms with E-state index < -0.39 is 6.04 Å². The lowest BCUT2D eigenvalue weighted by Crippen LogP contribution is -2.52. The number of carbonyl (C=O) groups is 2. The minimum absolute atomic E-state index is 0.0424. The molecule has 172 valence electrons. The molecule has 1 N–H and O–H groups in total. The normalized spacial score (nSPS) is 12.6. The topological polar surface area (TPSA) is 49.4 Å². The van der Waals surface area contributed by atoms with Crippen LogP contribution in [0.2, 0.25) is 0 Å². The molecule has 0 heterocycles. The fraction of sp³-hybridized carbons (Fsp3) is 0.310. The Bertz CT molecular complexity index is 1030. The molecule has 2 atom stereocenters. The second kappa shape index (κ2) is 12.0. The van der Waals surface area contributed by atoms with E-state index in [1.807, 2.05) is 99.6 Å². The molecule has 0 fully saturated rings. The number of nitrogens with one attached hydrogen (secondary N) is 1. The van der Waals surface area contributed by atoms with Crippen LogP contribution in [0.25, 0.3) is 0 Å². The van der Waals surface area contributed by atoms with Gasteiger partial charge in [-0.05, 0) is 37.0 Å². The SMILES string of the molecule is CC[C@@H](C)NC(=O)[C@H](Cc1ccccc1)N(Cc1cccc(C)c1)C(=O)Cc1ccccc1. The van der Waals surface area contributed by atoms with E-state index in [9.17, 15) is 9.59 Å². The first-order valence-corrected chi connectivity index (χ1v) is 11.7. The standard InChI is InChI=1S/C29H34N2O2/c1-4-23(3)30-29(33)27(19-24-13-7-5-8-14-24)31(21-26-17-11-12-22(2)18-26)28(32)20-25-15-9-6-10-16-25/h5-18,23,27H,4,19-21H2,1-3H3,(H,30,33)/t23-,27+/m1/s1. The summed E-state index contributed by atoms with van der Waals surface area (Å²) in [5.41, 5.74) is 4.12. The molecule has 0 aliphatic rings. The fourth-order valence-electron chi connectivity index (χ4n) is 3.87. The van der Waals surface area contributed by atoms with Crippen LogP contribution in [0.5, 0.6) is 0 Å². The van der Waals surface area contributed by atoms with Crippen LogP contribution in [0.4, 0.5) is 0 Å². The molecule has 3 rings (SSSR count). The van der Waals surface area contributed by atoms with Gasteiger partial charge in [0.25, 0.3) is 0 Å². The smallest absolute Gasteiger partial charge is 0.243 e. The largest absolute Gasteiger partial charge is 0.352 e. The highest BCUT2D eigenvalue weighted by molar-refractivity contribution is 5.89. The van der Waals surface area contributed by atoms with Crippen molar-refractivity contribution in [1.82, 2.24) is 10.2 Å². The highest BCUT2D eigenvalue weighted by Gasteiger charge is 2.31. The minimum atomic E-state index is -0.599. The summed E-state index contributed by atoms with van der Waals surface area (Å²) in [6.07, 6.45) is 1.56. The van der Waals surface area contributed by atoms with Gasteiger partial charge >= 0.3 is 0 Å². The quantitative estimate of drug-likeness (QED) is 0.475. The summed E-state index contributed by atoms with van der Waals surface area (Å²) in [7, 11) is 0. The van der Waals surface area contributed by atoms with Gasteiger partial charge in [-0.2, -0.15) is 0 Å². The molecule has 3 aromatic carbocycles. The Morgan fingerprint density at radius 1 is 0.848 bits per heavy atom. The zero-order valence-electron chi connectivity index (χ0n) is 19.8. The average molecular weight is 443 g/mol. The van der Waals surface area contributed by atoms with Gasteiger partial charge in [-0.15, -0.1) is 0 Å². The Kier molecular flexibility index (Phi) is 8.82.